The van der Waals surface area contributed by atoms with Gasteiger partial charge < -0.3 is 14.6 Å². The number of rotatable bonds is 3. The molecule has 1 N–H and O–H groups in total. The number of likely N-dealkylation sites (N-methyl/N-ethyl adjacent to an activating group) is 1. The quantitative estimate of drug-likeness (QED) is 0.797. The number of aromatic nitrogens is 2. The van der Waals surface area contributed by atoms with Crippen LogP contribution in [0.4, 0.5) is 0 Å². The molecule has 0 spiro atoms. The second kappa shape index (κ2) is 5.29. The predicted molar refractivity (Wildman–Crippen MR) is 62.4 cm³/mol. The number of piperazine rings is 1. The summed E-state index contributed by atoms with van der Waals surface area (Å²) in [6, 6.07) is 0.138. The van der Waals surface area contributed by atoms with Crippen LogP contribution in [0.2, 0.25) is 0 Å². The van der Waals surface area contributed by atoms with E-state index in [4.69, 9.17) is 4.74 Å². The molecule has 1 aromatic heterocycles. The Kier molecular flexibility index (Phi) is 3.75. The first kappa shape index (κ1) is 12.1. The largest absolute Gasteiger partial charge is 0.375 e. The lowest BCUT2D eigenvalue weighted by Gasteiger charge is -2.38. The Hall–Kier alpha value is -1.40. The van der Waals surface area contributed by atoms with Crippen LogP contribution < -0.4 is 0 Å². The molecule has 1 fully saturated rings. The summed E-state index contributed by atoms with van der Waals surface area (Å²) >= 11 is 0. The van der Waals surface area contributed by atoms with Crippen LogP contribution in [0.1, 0.15) is 11.9 Å². The number of nitrogens with one attached hydrogen (secondary N) is 1. The number of H-pyrrole nitrogens is 1. The van der Waals surface area contributed by atoms with Crippen molar-refractivity contribution >= 4 is 5.91 Å². The summed E-state index contributed by atoms with van der Waals surface area (Å²) in [4.78, 5) is 23.2. The standard InChI is InChI=1S/C11H18N4O2/c1-14-5-6-15(10(16)8-17-2)7-9(14)11-12-3-4-13-11/h3-4,9H,5-8H2,1-2H3,(H,12,13). The lowest BCUT2D eigenvalue weighted by Crippen LogP contribution is -2.50. The van der Waals surface area contributed by atoms with Gasteiger partial charge in [0.1, 0.15) is 12.4 Å². The number of imidazole rings is 1. The van der Waals surface area contributed by atoms with Gasteiger partial charge in [-0.05, 0) is 7.05 Å². The highest BCUT2D eigenvalue weighted by molar-refractivity contribution is 5.77. The van der Waals surface area contributed by atoms with Crippen LogP contribution in [0.3, 0.4) is 0 Å². The van der Waals surface area contributed by atoms with Gasteiger partial charge in [-0.15, -0.1) is 0 Å². The molecule has 1 amide bonds. The Morgan fingerprint density at radius 3 is 3.12 bits per heavy atom. The van der Waals surface area contributed by atoms with E-state index in [0.29, 0.717) is 6.54 Å². The van der Waals surface area contributed by atoms with Gasteiger partial charge in [-0.1, -0.05) is 0 Å². The van der Waals surface area contributed by atoms with Gasteiger partial charge >= 0.3 is 0 Å². The molecule has 6 heteroatoms. The first-order chi connectivity index (χ1) is 8.22. The number of nitrogens with zero attached hydrogens (tertiary/aromatic N) is 3. The Labute approximate surface area is 101 Å². The third kappa shape index (κ3) is 2.65. The van der Waals surface area contributed by atoms with E-state index < -0.39 is 0 Å². The number of hydrogen-bond donors (Lipinski definition) is 1. The molecule has 0 aliphatic carbocycles. The molecule has 1 aromatic rings. The minimum atomic E-state index is 0.0390. The molecule has 0 radical (unpaired) electrons. The van der Waals surface area contributed by atoms with Gasteiger partial charge in [-0.25, -0.2) is 4.98 Å². The van der Waals surface area contributed by atoms with Gasteiger partial charge in [0.25, 0.3) is 0 Å². The van der Waals surface area contributed by atoms with Crippen molar-refractivity contribution in [3.05, 3.63) is 18.2 Å². The molecule has 1 aliphatic heterocycles. The number of ether oxygens (including phenoxy) is 1. The maximum atomic E-state index is 11.8. The summed E-state index contributed by atoms with van der Waals surface area (Å²) in [5.41, 5.74) is 0. The van der Waals surface area contributed by atoms with E-state index in [0.717, 1.165) is 18.9 Å². The van der Waals surface area contributed by atoms with Gasteiger partial charge in [-0.2, -0.15) is 0 Å². The van der Waals surface area contributed by atoms with Gasteiger partial charge in [0, 0.05) is 39.1 Å². The first-order valence-electron chi connectivity index (χ1n) is 5.68. The molecule has 0 aromatic carbocycles. The van der Waals surface area contributed by atoms with Crippen LogP contribution >= 0.6 is 0 Å². The minimum Gasteiger partial charge on any atom is -0.375 e. The maximum Gasteiger partial charge on any atom is 0.248 e. The summed E-state index contributed by atoms with van der Waals surface area (Å²) < 4.78 is 4.88. The summed E-state index contributed by atoms with van der Waals surface area (Å²) in [6.45, 7) is 2.40. The van der Waals surface area contributed by atoms with E-state index in [9.17, 15) is 4.79 Å². The van der Waals surface area contributed by atoms with Crippen LogP contribution in [0.5, 0.6) is 0 Å². The highest BCUT2D eigenvalue weighted by atomic mass is 16.5. The average Bonchev–Trinajstić information content (AvgIpc) is 2.83. The lowest BCUT2D eigenvalue weighted by atomic mass is 10.1. The molecule has 0 bridgehead atoms. The number of methoxy groups -OCH3 is 1. The predicted octanol–water partition coefficient (Wildman–Crippen LogP) is -0.129. The van der Waals surface area contributed by atoms with Gasteiger partial charge in [0.2, 0.25) is 5.91 Å². The van der Waals surface area contributed by atoms with Crippen LogP contribution in [-0.4, -0.2) is 66.1 Å². The lowest BCUT2D eigenvalue weighted by molar-refractivity contribution is -0.138. The Balaban J connectivity index is 2.04. The molecule has 6 nitrogen and oxygen atoms in total. The fraction of sp³-hybridized carbons (Fsp3) is 0.636. The molecule has 94 valence electrons. The van der Waals surface area contributed by atoms with E-state index in [-0.39, 0.29) is 18.6 Å². The molecule has 1 atom stereocenters. The fourth-order valence-electron chi connectivity index (χ4n) is 2.07. The zero-order chi connectivity index (χ0) is 12.3. The number of amides is 1. The van der Waals surface area contributed by atoms with Crippen molar-refractivity contribution in [3.63, 3.8) is 0 Å². The first-order valence-corrected chi connectivity index (χ1v) is 5.68. The van der Waals surface area contributed by atoms with Gasteiger partial charge in [0.05, 0.1) is 6.04 Å². The smallest absolute Gasteiger partial charge is 0.248 e. The SMILES string of the molecule is COCC(=O)N1CCN(C)C(c2ncc[nH]2)C1. The number of carbonyl (C=O) groups is 1. The van der Waals surface area contributed by atoms with Crippen LogP contribution in [-0.2, 0) is 9.53 Å². The number of carbonyl (C=O) groups excluding carboxylic acids is 1. The zero-order valence-corrected chi connectivity index (χ0v) is 10.2. The second-order valence-electron chi connectivity index (χ2n) is 4.24. The highest BCUT2D eigenvalue weighted by Gasteiger charge is 2.29. The minimum absolute atomic E-state index is 0.0390. The van der Waals surface area contributed by atoms with Crippen molar-refractivity contribution in [2.24, 2.45) is 0 Å². The van der Waals surface area contributed by atoms with Gasteiger partial charge in [-0.3, -0.25) is 9.69 Å². The normalized spacial score (nSPS) is 21.8. The highest BCUT2D eigenvalue weighted by Crippen LogP contribution is 2.20. The van der Waals surface area contributed by atoms with Crippen molar-refractivity contribution < 1.29 is 9.53 Å². The second-order valence-corrected chi connectivity index (χ2v) is 4.24. The van der Waals surface area contributed by atoms with E-state index in [1.165, 1.54) is 7.11 Å². The molecule has 1 aliphatic rings. The summed E-state index contributed by atoms with van der Waals surface area (Å²) in [5, 5.41) is 0. The van der Waals surface area contributed by atoms with E-state index in [1.54, 1.807) is 12.4 Å². The Bertz CT molecular complexity index is 366. The Morgan fingerprint density at radius 1 is 1.65 bits per heavy atom. The maximum absolute atomic E-state index is 11.8. The summed E-state index contributed by atoms with van der Waals surface area (Å²) in [5.74, 6) is 0.944. The van der Waals surface area contributed by atoms with Crippen molar-refractivity contribution in [2.45, 2.75) is 6.04 Å². The number of hydrogen-bond acceptors (Lipinski definition) is 4. The molecular weight excluding hydrogens is 220 g/mol. The molecular formula is C11H18N4O2. The molecule has 2 heterocycles. The van der Waals surface area contributed by atoms with E-state index in [2.05, 4.69) is 14.9 Å². The van der Waals surface area contributed by atoms with Crippen molar-refractivity contribution in [2.75, 3.05) is 40.4 Å². The van der Waals surface area contributed by atoms with Crippen molar-refractivity contribution in [1.82, 2.24) is 19.8 Å². The summed E-state index contributed by atoms with van der Waals surface area (Å²) in [6.07, 6.45) is 3.54. The third-order valence-corrected chi connectivity index (χ3v) is 3.10. The third-order valence-electron chi connectivity index (χ3n) is 3.10. The fourth-order valence-corrected chi connectivity index (χ4v) is 2.07. The van der Waals surface area contributed by atoms with E-state index in [1.807, 2.05) is 11.9 Å². The van der Waals surface area contributed by atoms with Crippen molar-refractivity contribution in [3.8, 4) is 0 Å². The summed E-state index contributed by atoms with van der Waals surface area (Å²) in [7, 11) is 3.59. The Morgan fingerprint density at radius 2 is 2.47 bits per heavy atom. The van der Waals surface area contributed by atoms with Crippen LogP contribution in [0.15, 0.2) is 12.4 Å². The van der Waals surface area contributed by atoms with Crippen molar-refractivity contribution in [1.29, 1.82) is 0 Å². The molecule has 0 saturated carbocycles. The monoisotopic (exact) mass is 238 g/mol. The topological polar surface area (TPSA) is 61.5 Å². The molecule has 2 rings (SSSR count). The average molecular weight is 238 g/mol. The van der Waals surface area contributed by atoms with Gasteiger partial charge in [0.15, 0.2) is 0 Å². The molecule has 1 saturated heterocycles. The number of aromatic amines is 1. The van der Waals surface area contributed by atoms with Crippen LogP contribution in [0.25, 0.3) is 0 Å². The van der Waals surface area contributed by atoms with Crippen LogP contribution in [0, 0.1) is 0 Å². The zero-order valence-electron chi connectivity index (χ0n) is 10.2. The molecule has 17 heavy (non-hydrogen) atoms. The molecule has 1 unspecified atom stereocenters. The van der Waals surface area contributed by atoms with E-state index >= 15 is 0 Å².